The van der Waals surface area contributed by atoms with E-state index in [2.05, 4.69) is 37.7 Å². The average molecular weight is 462 g/mol. The minimum atomic E-state index is -0.346. The zero-order valence-corrected chi connectivity index (χ0v) is 19.8. The molecule has 1 N–H and O–H groups in total. The van der Waals surface area contributed by atoms with E-state index in [-0.39, 0.29) is 29.2 Å². The SMILES string of the molecule is C=CCNC(=O)Cn1c(=CC(=O)c2ccc(C(C)(C)C)cc2)sc(=Cc2ccccn2)c1=O. The standard InChI is InChI=1S/C26H27N3O3S/c1-5-13-28-23(31)17-29-24(33-22(25(29)32)15-20-8-6-7-14-27-20)16-21(30)18-9-11-19(12-10-18)26(2,3)4/h5-12,14-16H,1,13,17H2,2-4H3,(H,28,31). The van der Waals surface area contributed by atoms with Gasteiger partial charge >= 0.3 is 0 Å². The number of aromatic nitrogens is 2. The highest BCUT2D eigenvalue weighted by molar-refractivity contribution is 7.07. The fourth-order valence-corrected chi connectivity index (χ4v) is 4.13. The molecule has 0 spiro atoms. The lowest BCUT2D eigenvalue weighted by Gasteiger charge is -2.18. The molecule has 0 aliphatic carbocycles. The first-order valence-electron chi connectivity index (χ1n) is 10.6. The quantitative estimate of drug-likeness (QED) is 0.433. The molecule has 33 heavy (non-hydrogen) atoms. The van der Waals surface area contributed by atoms with Crippen LogP contribution in [-0.4, -0.2) is 27.8 Å². The fraction of sp³-hybridized carbons (Fsp3) is 0.231. The van der Waals surface area contributed by atoms with Crippen molar-refractivity contribution in [1.82, 2.24) is 14.9 Å². The van der Waals surface area contributed by atoms with E-state index in [1.165, 1.54) is 10.6 Å². The Hall–Kier alpha value is -3.58. The van der Waals surface area contributed by atoms with E-state index in [9.17, 15) is 14.4 Å². The highest BCUT2D eigenvalue weighted by Gasteiger charge is 2.15. The Kier molecular flexibility index (Phi) is 7.55. The summed E-state index contributed by atoms with van der Waals surface area (Å²) < 4.78 is 2.12. The number of thiazole rings is 1. The van der Waals surface area contributed by atoms with Crippen molar-refractivity contribution in [3.63, 3.8) is 0 Å². The number of benzene rings is 1. The molecule has 0 radical (unpaired) electrons. The van der Waals surface area contributed by atoms with Crippen molar-refractivity contribution in [3.05, 3.63) is 97.7 Å². The predicted molar refractivity (Wildman–Crippen MR) is 133 cm³/mol. The second-order valence-corrected chi connectivity index (χ2v) is 9.59. The number of carbonyl (C=O) groups is 2. The van der Waals surface area contributed by atoms with Gasteiger partial charge in [-0.25, -0.2) is 0 Å². The maximum absolute atomic E-state index is 13.1. The van der Waals surface area contributed by atoms with Gasteiger partial charge in [-0.2, -0.15) is 0 Å². The summed E-state index contributed by atoms with van der Waals surface area (Å²) in [6.45, 7) is 10.0. The number of ketones is 1. The van der Waals surface area contributed by atoms with Crippen LogP contribution in [-0.2, 0) is 16.8 Å². The molecule has 3 rings (SSSR count). The van der Waals surface area contributed by atoms with Crippen LogP contribution in [0.15, 0.2) is 66.1 Å². The van der Waals surface area contributed by atoms with E-state index in [0.717, 1.165) is 16.9 Å². The number of hydrogen-bond donors (Lipinski definition) is 1. The second-order valence-electron chi connectivity index (χ2n) is 8.52. The Morgan fingerprint density at radius 2 is 1.88 bits per heavy atom. The van der Waals surface area contributed by atoms with Crippen molar-refractivity contribution < 1.29 is 9.59 Å². The van der Waals surface area contributed by atoms with Gasteiger partial charge in [0.05, 0.1) is 10.2 Å². The molecule has 0 fully saturated rings. The summed E-state index contributed by atoms with van der Waals surface area (Å²) in [4.78, 5) is 42.5. The lowest BCUT2D eigenvalue weighted by molar-refractivity contribution is -0.121. The summed E-state index contributed by atoms with van der Waals surface area (Å²) in [5.74, 6) is -0.572. The average Bonchev–Trinajstić information content (AvgIpc) is 3.06. The summed E-state index contributed by atoms with van der Waals surface area (Å²) in [5, 5.41) is 2.67. The Balaban J connectivity index is 2.05. The molecule has 1 amide bonds. The first kappa shape index (κ1) is 24.1. The molecule has 170 valence electrons. The number of amides is 1. The van der Waals surface area contributed by atoms with Gasteiger partial charge in [-0.3, -0.25) is 23.9 Å². The van der Waals surface area contributed by atoms with Crippen LogP contribution >= 0.6 is 11.3 Å². The van der Waals surface area contributed by atoms with E-state index in [1.54, 1.807) is 42.6 Å². The fourth-order valence-electron chi connectivity index (χ4n) is 3.10. The van der Waals surface area contributed by atoms with Gasteiger partial charge in [-0.1, -0.05) is 57.2 Å². The summed E-state index contributed by atoms with van der Waals surface area (Å²) >= 11 is 1.16. The van der Waals surface area contributed by atoms with Crippen molar-refractivity contribution in [2.24, 2.45) is 0 Å². The van der Waals surface area contributed by atoms with Crippen molar-refractivity contribution >= 4 is 35.2 Å². The zero-order valence-electron chi connectivity index (χ0n) is 19.0. The number of hydrogen-bond acceptors (Lipinski definition) is 5. The van der Waals surface area contributed by atoms with Crippen LogP contribution in [0, 0.1) is 0 Å². The first-order valence-corrected chi connectivity index (χ1v) is 11.4. The molecule has 3 aromatic rings. The molecular weight excluding hydrogens is 434 g/mol. The van der Waals surface area contributed by atoms with Crippen LogP contribution in [0.5, 0.6) is 0 Å². The number of rotatable bonds is 7. The highest BCUT2D eigenvalue weighted by Crippen LogP contribution is 2.22. The van der Waals surface area contributed by atoms with Gasteiger partial charge in [-0.15, -0.1) is 17.9 Å². The van der Waals surface area contributed by atoms with Crippen LogP contribution in [0.4, 0.5) is 0 Å². The van der Waals surface area contributed by atoms with Crippen molar-refractivity contribution in [2.75, 3.05) is 6.54 Å². The van der Waals surface area contributed by atoms with Crippen LogP contribution in [0.3, 0.4) is 0 Å². The third-order valence-corrected chi connectivity index (χ3v) is 6.00. The molecule has 6 nitrogen and oxygen atoms in total. The number of pyridine rings is 1. The molecule has 0 saturated heterocycles. The van der Waals surface area contributed by atoms with Gasteiger partial charge in [0.25, 0.3) is 5.56 Å². The van der Waals surface area contributed by atoms with Crippen molar-refractivity contribution in [2.45, 2.75) is 32.7 Å². The van der Waals surface area contributed by atoms with Crippen LogP contribution in [0.1, 0.15) is 42.4 Å². The molecular formula is C26H27N3O3S. The Morgan fingerprint density at radius 3 is 2.48 bits per heavy atom. The molecule has 1 aromatic carbocycles. The lowest BCUT2D eigenvalue weighted by Crippen LogP contribution is -2.38. The molecule has 2 aromatic heterocycles. The molecule has 7 heteroatoms. The Morgan fingerprint density at radius 1 is 1.15 bits per heavy atom. The van der Waals surface area contributed by atoms with E-state index >= 15 is 0 Å². The maximum Gasteiger partial charge on any atom is 0.269 e. The zero-order chi connectivity index (χ0) is 24.0. The monoisotopic (exact) mass is 461 g/mol. The third-order valence-electron chi connectivity index (χ3n) is 4.94. The summed E-state index contributed by atoms with van der Waals surface area (Å²) in [6, 6.07) is 12.8. The van der Waals surface area contributed by atoms with E-state index in [0.29, 0.717) is 27.0 Å². The Labute approximate surface area is 196 Å². The number of Topliss-reactive ketones (excluding diaryl/α,β-unsaturated/α-hetero) is 1. The summed E-state index contributed by atoms with van der Waals surface area (Å²) in [7, 11) is 0. The van der Waals surface area contributed by atoms with Crippen LogP contribution in [0.25, 0.3) is 12.2 Å². The third kappa shape index (κ3) is 6.23. The first-order chi connectivity index (χ1) is 15.7. The second kappa shape index (κ2) is 10.4. The lowest BCUT2D eigenvalue weighted by atomic mass is 9.86. The van der Waals surface area contributed by atoms with Crippen LogP contribution in [0.2, 0.25) is 0 Å². The molecule has 0 aliphatic rings. The van der Waals surface area contributed by atoms with E-state index in [4.69, 9.17) is 0 Å². The van der Waals surface area contributed by atoms with Gasteiger partial charge in [0.15, 0.2) is 5.78 Å². The molecule has 0 aliphatic heterocycles. The van der Waals surface area contributed by atoms with Crippen molar-refractivity contribution in [1.29, 1.82) is 0 Å². The minimum Gasteiger partial charge on any atom is -0.351 e. The van der Waals surface area contributed by atoms with E-state index in [1.807, 2.05) is 18.2 Å². The molecule has 2 heterocycles. The van der Waals surface area contributed by atoms with Gasteiger partial charge in [0, 0.05) is 24.4 Å². The van der Waals surface area contributed by atoms with Gasteiger partial charge in [0.2, 0.25) is 5.91 Å². The predicted octanol–water partition coefficient (Wildman–Crippen LogP) is 2.40. The van der Waals surface area contributed by atoms with Gasteiger partial charge in [-0.05, 0) is 29.2 Å². The normalized spacial score (nSPS) is 12.6. The van der Waals surface area contributed by atoms with Gasteiger partial charge < -0.3 is 5.32 Å². The smallest absolute Gasteiger partial charge is 0.269 e. The topological polar surface area (TPSA) is 81.1 Å². The summed E-state index contributed by atoms with van der Waals surface area (Å²) in [6.07, 6.45) is 6.27. The molecule has 0 unspecified atom stereocenters. The number of nitrogens with zero attached hydrogens (tertiary/aromatic N) is 2. The number of nitrogens with one attached hydrogen (secondary N) is 1. The molecule has 0 atom stereocenters. The Bertz CT molecular complexity index is 1330. The maximum atomic E-state index is 13.1. The van der Waals surface area contributed by atoms with Gasteiger partial charge in [0.1, 0.15) is 11.2 Å². The highest BCUT2D eigenvalue weighted by atomic mass is 32.1. The molecule has 0 saturated carbocycles. The van der Waals surface area contributed by atoms with Crippen molar-refractivity contribution in [3.8, 4) is 0 Å². The minimum absolute atomic E-state index is 0.0193. The van der Waals surface area contributed by atoms with Crippen LogP contribution < -0.4 is 20.1 Å². The molecule has 0 bridgehead atoms. The largest absolute Gasteiger partial charge is 0.351 e. The van der Waals surface area contributed by atoms with E-state index < -0.39 is 0 Å². The summed E-state index contributed by atoms with van der Waals surface area (Å²) in [5.41, 5.74) is 1.89. The number of carbonyl (C=O) groups excluding carboxylic acids is 2.